The zero-order valence-electron chi connectivity index (χ0n) is 11.2. The van der Waals surface area contributed by atoms with Crippen molar-refractivity contribution in [2.75, 3.05) is 19.9 Å². The first kappa shape index (κ1) is 12.5. The van der Waals surface area contributed by atoms with Crippen LogP contribution >= 0.6 is 0 Å². The summed E-state index contributed by atoms with van der Waals surface area (Å²) < 4.78 is 10.8. The lowest BCUT2D eigenvalue weighted by atomic mass is 10.00. The number of rotatable bonds is 4. The third-order valence-electron chi connectivity index (χ3n) is 3.93. The molecule has 19 heavy (non-hydrogen) atoms. The van der Waals surface area contributed by atoms with Crippen molar-refractivity contribution < 1.29 is 14.3 Å². The highest BCUT2D eigenvalue weighted by molar-refractivity contribution is 6.03. The summed E-state index contributed by atoms with van der Waals surface area (Å²) in [5, 5.41) is 0. The van der Waals surface area contributed by atoms with Gasteiger partial charge >= 0.3 is 0 Å². The minimum atomic E-state index is -0.0294. The molecule has 0 saturated carbocycles. The number of ketones is 1. The molecule has 0 bridgehead atoms. The highest BCUT2D eigenvalue weighted by atomic mass is 16.7. The first-order valence-electron chi connectivity index (χ1n) is 6.98. The number of hydrogen-bond donors (Lipinski definition) is 0. The summed E-state index contributed by atoms with van der Waals surface area (Å²) in [6.45, 7) is 4.33. The fourth-order valence-electron chi connectivity index (χ4n) is 2.97. The molecular formula is C15H19NO3. The van der Waals surface area contributed by atoms with Gasteiger partial charge in [-0.25, -0.2) is 0 Å². The Bertz CT molecular complexity index is 480. The lowest BCUT2D eigenvalue weighted by Gasteiger charge is -2.25. The van der Waals surface area contributed by atoms with Gasteiger partial charge in [0.1, 0.15) is 0 Å². The zero-order chi connectivity index (χ0) is 13.2. The van der Waals surface area contributed by atoms with Crippen molar-refractivity contribution in [3.05, 3.63) is 23.8 Å². The molecule has 2 aliphatic rings. The summed E-state index contributed by atoms with van der Waals surface area (Å²) in [7, 11) is 0. The fourth-order valence-corrected chi connectivity index (χ4v) is 2.97. The number of benzene rings is 1. The van der Waals surface area contributed by atoms with E-state index in [1.807, 2.05) is 18.2 Å². The van der Waals surface area contributed by atoms with Crippen LogP contribution in [0, 0.1) is 0 Å². The number of hydrogen-bond acceptors (Lipinski definition) is 4. The lowest BCUT2D eigenvalue weighted by Crippen LogP contribution is -2.38. The average Bonchev–Trinajstić information content (AvgIpc) is 3.09. The highest BCUT2D eigenvalue weighted by Gasteiger charge is 2.31. The van der Waals surface area contributed by atoms with Gasteiger partial charge < -0.3 is 9.47 Å². The van der Waals surface area contributed by atoms with E-state index in [1.165, 1.54) is 12.8 Å². The van der Waals surface area contributed by atoms with Crippen molar-refractivity contribution in [2.24, 2.45) is 0 Å². The van der Waals surface area contributed by atoms with Crippen LogP contribution in [0.3, 0.4) is 0 Å². The Hall–Kier alpha value is -1.55. The second-order valence-electron chi connectivity index (χ2n) is 5.07. The van der Waals surface area contributed by atoms with E-state index in [1.54, 1.807) is 0 Å². The van der Waals surface area contributed by atoms with Crippen LogP contribution in [0.1, 0.15) is 36.5 Å². The molecule has 102 valence electrons. The maximum Gasteiger partial charge on any atom is 0.231 e. The molecule has 1 unspecified atom stereocenters. The maximum absolute atomic E-state index is 12.7. The van der Waals surface area contributed by atoms with Gasteiger partial charge in [0.2, 0.25) is 6.79 Å². The predicted molar refractivity (Wildman–Crippen MR) is 71.8 cm³/mol. The Labute approximate surface area is 113 Å². The summed E-state index contributed by atoms with van der Waals surface area (Å²) in [6.07, 6.45) is 3.22. The molecule has 2 aliphatic heterocycles. The van der Waals surface area contributed by atoms with Crippen LogP contribution in [0.15, 0.2) is 18.2 Å². The molecule has 4 nitrogen and oxygen atoms in total. The fraction of sp³-hybridized carbons (Fsp3) is 0.533. The van der Waals surface area contributed by atoms with Crippen LogP contribution in [-0.4, -0.2) is 36.6 Å². The van der Waals surface area contributed by atoms with Crippen LogP contribution in [0.5, 0.6) is 11.5 Å². The van der Waals surface area contributed by atoms with Crippen LogP contribution < -0.4 is 9.47 Å². The average molecular weight is 261 g/mol. The molecule has 0 aromatic heterocycles. The Morgan fingerprint density at radius 3 is 2.84 bits per heavy atom. The number of fused-ring (bicyclic) bond motifs is 1. The SMILES string of the molecule is CCC(C(=O)c1cccc2c1OCO2)N1CCCC1. The summed E-state index contributed by atoms with van der Waals surface area (Å²) in [5.74, 6) is 1.46. The second-order valence-corrected chi connectivity index (χ2v) is 5.07. The molecule has 1 atom stereocenters. The van der Waals surface area contributed by atoms with Crippen molar-refractivity contribution in [3.63, 3.8) is 0 Å². The smallest absolute Gasteiger partial charge is 0.231 e. The van der Waals surface area contributed by atoms with Crippen LogP contribution in [0.25, 0.3) is 0 Å². The van der Waals surface area contributed by atoms with E-state index in [4.69, 9.17) is 9.47 Å². The Balaban J connectivity index is 1.88. The third-order valence-corrected chi connectivity index (χ3v) is 3.93. The number of Topliss-reactive ketones (excluding diaryl/α,β-unsaturated/α-hetero) is 1. The molecule has 1 fully saturated rings. The number of para-hydroxylation sites is 1. The monoisotopic (exact) mass is 261 g/mol. The molecule has 1 aromatic rings. The van der Waals surface area contributed by atoms with Crippen molar-refractivity contribution in [1.29, 1.82) is 0 Å². The summed E-state index contributed by atoms with van der Waals surface area (Å²) >= 11 is 0. The minimum absolute atomic E-state index is 0.0294. The Morgan fingerprint density at radius 1 is 1.32 bits per heavy atom. The third kappa shape index (κ3) is 2.21. The summed E-state index contributed by atoms with van der Waals surface area (Å²) in [6, 6.07) is 5.51. The van der Waals surface area contributed by atoms with Gasteiger partial charge in [0.05, 0.1) is 11.6 Å². The molecule has 0 aliphatic carbocycles. The molecule has 2 heterocycles. The highest BCUT2D eigenvalue weighted by Crippen LogP contribution is 2.36. The first-order valence-corrected chi connectivity index (χ1v) is 6.98. The van der Waals surface area contributed by atoms with E-state index in [2.05, 4.69) is 11.8 Å². The van der Waals surface area contributed by atoms with Crippen molar-refractivity contribution in [3.8, 4) is 11.5 Å². The number of nitrogens with zero attached hydrogens (tertiary/aromatic N) is 1. The first-order chi connectivity index (χ1) is 9.31. The van der Waals surface area contributed by atoms with E-state index in [-0.39, 0.29) is 18.6 Å². The molecule has 0 N–H and O–H groups in total. The van der Waals surface area contributed by atoms with E-state index in [0.717, 1.165) is 19.5 Å². The minimum Gasteiger partial charge on any atom is -0.454 e. The molecule has 0 amide bonds. The predicted octanol–water partition coefficient (Wildman–Crippen LogP) is 2.47. The summed E-state index contributed by atoms with van der Waals surface area (Å²) in [4.78, 5) is 15.0. The summed E-state index contributed by atoms with van der Waals surface area (Å²) in [5.41, 5.74) is 0.661. The molecular weight excluding hydrogens is 242 g/mol. The number of likely N-dealkylation sites (tertiary alicyclic amines) is 1. The maximum atomic E-state index is 12.7. The molecule has 1 saturated heterocycles. The van der Waals surface area contributed by atoms with E-state index < -0.39 is 0 Å². The number of carbonyl (C=O) groups is 1. The zero-order valence-corrected chi connectivity index (χ0v) is 11.2. The lowest BCUT2D eigenvalue weighted by molar-refractivity contribution is 0.0839. The van der Waals surface area contributed by atoms with Gasteiger partial charge in [-0.2, -0.15) is 0 Å². The van der Waals surface area contributed by atoms with Crippen molar-refractivity contribution in [2.45, 2.75) is 32.2 Å². The van der Waals surface area contributed by atoms with Crippen LogP contribution in [0.2, 0.25) is 0 Å². The largest absolute Gasteiger partial charge is 0.454 e. The van der Waals surface area contributed by atoms with Gasteiger partial charge in [-0.3, -0.25) is 9.69 Å². The van der Waals surface area contributed by atoms with Crippen molar-refractivity contribution >= 4 is 5.78 Å². The molecule has 0 radical (unpaired) electrons. The molecule has 1 aromatic carbocycles. The Kier molecular flexibility index (Phi) is 3.42. The molecule has 3 rings (SSSR count). The quantitative estimate of drug-likeness (QED) is 0.780. The van der Waals surface area contributed by atoms with Gasteiger partial charge in [-0.15, -0.1) is 0 Å². The number of ether oxygens (including phenoxy) is 2. The van der Waals surface area contributed by atoms with E-state index in [0.29, 0.717) is 17.1 Å². The normalized spacial score (nSPS) is 19.6. The van der Waals surface area contributed by atoms with Crippen LogP contribution in [0.4, 0.5) is 0 Å². The van der Waals surface area contributed by atoms with Crippen LogP contribution in [-0.2, 0) is 0 Å². The van der Waals surface area contributed by atoms with Gasteiger partial charge in [0, 0.05) is 0 Å². The van der Waals surface area contributed by atoms with E-state index >= 15 is 0 Å². The van der Waals surface area contributed by atoms with E-state index in [9.17, 15) is 4.79 Å². The Morgan fingerprint density at radius 2 is 2.11 bits per heavy atom. The van der Waals surface area contributed by atoms with Gasteiger partial charge in [0.15, 0.2) is 17.3 Å². The van der Waals surface area contributed by atoms with Crippen molar-refractivity contribution in [1.82, 2.24) is 4.90 Å². The molecule has 4 heteroatoms. The van der Waals surface area contributed by atoms with Gasteiger partial charge in [0.25, 0.3) is 0 Å². The number of carbonyl (C=O) groups excluding carboxylic acids is 1. The molecule has 0 spiro atoms. The second kappa shape index (κ2) is 5.21. The van der Waals surface area contributed by atoms with Gasteiger partial charge in [-0.05, 0) is 44.5 Å². The van der Waals surface area contributed by atoms with Gasteiger partial charge in [-0.1, -0.05) is 13.0 Å². The topological polar surface area (TPSA) is 38.8 Å². The standard InChI is InChI=1S/C15H19NO3/c1-2-12(16-8-3-4-9-16)14(17)11-6-5-7-13-15(11)19-10-18-13/h5-7,12H,2-4,8-10H2,1H3.